The maximum atomic E-state index is 12.2. The number of para-hydroxylation sites is 1. The van der Waals surface area contributed by atoms with Crippen LogP contribution in [0, 0.1) is 0 Å². The first-order chi connectivity index (χ1) is 11.5. The third-order valence-corrected chi connectivity index (χ3v) is 5.21. The Morgan fingerprint density at radius 2 is 2.08 bits per heavy atom. The Hall–Kier alpha value is -2.48. The number of benzene rings is 1. The highest BCUT2D eigenvalue weighted by Gasteiger charge is 2.52. The van der Waals surface area contributed by atoms with Gasteiger partial charge in [0.2, 0.25) is 0 Å². The Morgan fingerprint density at radius 1 is 1.38 bits per heavy atom. The van der Waals surface area contributed by atoms with Crippen LogP contribution in [0.15, 0.2) is 41.6 Å². The van der Waals surface area contributed by atoms with Crippen molar-refractivity contribution < 1.29 is 24.2 Å². The van der Waals surface area contributed by atoms with Crippen LogP contribution in [0.5, 0.6) is 5.75 Å². The zero-order chi connectivity index (χ0) is 17.3. The summed E-state index contributed by atoms with van der Waals surface area (Å²) in [5.74, 6) is -1.22. The minimum absolute atomic E-state index is 0.0882. The summed E-state index contributed by atoms with van der Waals surface area (Å²) in [5.41, 5.74) is 0.497. The van der Waals surface area contributed by atoms with Crippen LogP contribution in [-0.2, 0) is 14.4 Å². The molecule has 2 unspecified atom stereocenters. The molecule has 2 atom stereocenters. The molecule has 0 spiro atoms. The van der Waals surface area contributed by atoms with Crippen LogP contribution in [0.4, 0.5) is 0 Å². The van der Waals surface area contributed by atoms with Gasteiger partial charge in [-0.15, -0.1) is 11.8 Å². The van der Waals surface area contributed by atoms with E-state index in [0.717, 1.165) is 0 Å². The van der Waals surface area contributed by atoms with E-state index in [1.165, 1.54) is 16.7 Å². The molecule has 3 rings (SSSR count). The molecule has 0 aliphatic carbocycles. The van der Waals surface area contributed by atoms with Gasteiger partial charge in [0.25, 0.3) is 11.8 Å². The Balaban J connectivity index is 1.59. The number of carbonyl (C=O) groups excluding carboxylic acids is 3. The summed E-state index contributed by atoms with van der Waals surface area (Å²) in [7, 11) is 0. The molecule has 0 radical (unpaired) electrons. The number of amides is 2. The summed E-state index contributed by atoms with van der Waals surface area (Å²) >= 11 is 1.41. The van der Waals surface area contributed by atoms with Gasteiger partial charge in [-0.3, -0.25) is 14.5 Å². The number of hydrogen-bond donors (Lipinski definition) is 1. The van der Waals surface area contributed by atoms with Crippen LogP contribution >= 0.6 is 11.8 Å². The van der Waals surface area contributed by atoms with Gasteiger partial charge in [-0.25, -0.2) is 0 Å². The van der Waals surface area contributed by atoms with Gasteiger partial charge < -0.3 is 20.0 Å². The number of fused-ring (bicyclic) bond motifs is 1. The van der Waals surface area contributed by atoms with E-state index in [9.17, 15) is 19.5 Å². The lowest BCUT2D eigenvalue weighted by molar-refractivity contribution is -0.301. The fourth-order valence-electron chi connectivity index (χ4n) is 2.64. The molecule has 24 heavy (non-hydrogen) atoms. The van der Waals surface area contributed by atoms with E-state index in [-0.39, 0.29) is 12.3 Å². The van der Waals surface area contributed by atoms with Gasteiger partial charge in [0.1, 0.15) is 17.2 Å². The van der Waals surface area contributed by atoms with Gasteiger partial charge in [-0.1, -0.05) is 18.2 Å². The zero-order valence-electron chi connectivity index (χ0n) is 12.9. The summed E-state index contributed by atoms with van der Waals surface area (Å²) in [4.78, 5) is 36.6. The number of carboxylic acids is 1. The number of β-lactam (4-membered cyclic amide) rings is 1. The molecule has 126 valence electrons. The van der Waals surface area contributed by atoms with Gasteiger partial charge in [-0.05, 0) is 24.6 Å². The highest BCUT2D eigenvalue weighted by atomic mass is 32.2. The number of aliphatic carboxylic acids is 1. The lowest BCUT2D eigenvalue weighted by atomic mass is 10.0. The van der Waals surface area contributed by atoms with Crippen LogP contribution < -0.4 is 15.2 Å². The summed E-state index contributed by atoms with van der Waals surface area (Å²) in [6.45, 7) is 1.44. The van der Waals surface area contributed by atoms with Crippen molar-refractivity contribution in [2.45, 2.75) is 18.3 Å². The molecule has 7 nitrogen and oxygen atoms in total. The molecule has 8 heteroatoms. The van der Waals surface area contributed by atoms with Crippen LogP contribution in [-0.4, -0.2) is 46.5 Å². The summed E-state index contributed by atoms with van der Waals surface area (Å²) in [5, 5.41) is 13.4. The number of rotatable bonds is 5. The molecule has 2 amide bonds. The van der Waals surface area contributed by atoms with Crippen molar-refractivity contribution in [1.29, 1.82) is 0 Å². The molecule has 1 fully saturated rings. The van der Waals surface area contributed by atoms with E-state index in [4.69, 9.17) is 4.74 Å². The van der Waals surface area contributed by atoms with Crippen molar-refractivity contribution in [2.75, 3.05) is 12.4 Å². The molecule has 0 aromatic heterocycles. The van der Waals surface area contributed by atoms with Gasteiger partial charge >= 0.3 is 0 Å². The topological polar surface area (TPSA) is 98.8 Å². The average molecular weight is 347 g/mol. The number of carboxylic acid groups (broad SMARTS) is 1. The van der Waals surface area contributed by atoms with Crippen LogP contribution in [0.2, 0.25) is 0 Å². The summed E-state index contributed by atoms with van der Waals surface area (Å²) in [6.07, 6.45) is 0. The summed E-state index contributed by atoms with van der Waals surface area (Å²) in [6, 6.07) is 8.11. The Labute approximate surface area is 142 Å². The first kappa shape index (κ1) is 16.4. The number of carbonyl (C=O) groups is 3. The largest absolute Gasteiger partial charge is 0.543 e. The number of ether oxygens (including phenoxy) is 1. The smallest absolute Gasteiger partial charge is 0.258 e. The molecule has 0 bridgehead atoms. The lowest BCUT2D eigenvalue weighted by Crippen LogP contribution is -2.71. The molecular formula is C16H15N2O5S-. The number of hydrogen-bond acceptors (Lipinski definition) is 6. The highest BCUT2D eigenvalue weighted by Crippen LogP contribution is 2.39. The fourth-order valence-corrected chi connectivity index (χ4v) is 3.94. The van der Waals surface area contributed by atoms with E-state index in [2.05, 4.69) is 5.32 Å². The third-order valence-electron chi connectivity index (χ3n) is 3.78. The second-order valence-corrected chi connectivity index (χ2v) is 6.58. The molecular weight excluding hydrogens is 332 g/mol. The summed E-state index contributed by atoms with van der Waals surface area (Å²) < 4.78 is 5.33. The first-order valence-corrected chi connectivity index (χ1v) is 8.37. The van der Waals surface area contributed by atoms with Crippen molar-refractivity contribution in [1.82, 2.24) is 10.2 Å². The van der Waals surface area contributed by atoms with Crippen molar-refractivity contribution in [3.05, 3.63) is 41.6 Å². The Bertz CT molecular complexity index is 718. The van der Waals surface area contributed by atoms with Crippen molar-refractivity contribution in [3.8, 4) is 5.75 Å². The van der Waals surface area contributed by atoms with Crippen LogP contribution in [0.1, 0.15) is 6.92 Å². The first-order valence-electron chi connectivity index (χ1n) is 7.32. The molecule has 2 aliphatic heterocycles. The minimum atomic E-state index is -1.37. The van der Waals surface area contributed by atoms with Gasteiger partial charge in [0.15, 0.2) is 6.61 Å². The van der Waals surface area contributed by atoms with E-state index < -0.39 is 29.2 Å². The van der Waals surface area contributed by atoms with E-state index in [1.807, 2.05) is 6.07 Å². The van der Waals surface area contributed by atoms with Crippen molar-refractivity contribution >= 4 is 29.5 Å². The highest BCUT2D eigenvalue weighted by molar-refractivity contribution is 8.00. The number of nitrogens with one attached hydrogen (secondary N) is 1. The minimum Gasteiger partial charge on any atom is -0.543 e. The van der Waals surface area contributed by atoms with E-state index in [1.54, 1.807) is 31.2 Å². The molecule has 2 aliphatic rings. The number of nitrogens with zero attached hydrogens (tertiary/aromatic N) is 1. The standard InChI is InChI=1S/C16H16N2O5S/c1-9-8-24-15-12(14(20)18(15)13(9)16(21)22)17-11(19)7-23-10-5-3-2-4-6-10/h2-6,12,15H,7-8H2,1H3,(H,17,19)(H,21,22)/p-1. The maximum absolute atomic E-state index is 12.2. The maximum Gasteiger partial charge on any atom is 0.258 e. The predicted molar refractivity (Wildman–Crippen MR) is 84.7 cm³/mol. The number of thioether (sulfide) groups is 1. The molecule has 1 aromatic carbocycles. The quantitative estimate of drug-likeness (QED) is 0.720. The van der Waals surface area contributed by atoms with Crippen molar-refractivity contribution in [3.63, 3.8) is 0 Å². The average Bonchev–Trinajstić information content (AvgIpc) is 2.58. The second-order valence-electron chi connectivity index (χ2n) is 5.47. The van der Waals surface area contributed by atoms with Crippen molar-refractivity contribution in [2.24, 2.45) is 0 Å². The molecule has 2 heterocycles. The van der Waals surface area contributed by atoms with Crippen LogP contribution in [0.25, 0.3) is 0 Å². The molecule has 1 N–H and O–H groups in total. The lowest BCUT2D eigenvalue weighted by Gasteiger charge is -2.50. The van der Waals surface area contributed by atoms with Crippen LogP contribution in [0.3, 0.4) is 0 Å². The van der Waals surface area contributed by atoms with E-state index >= 15 is 0 Å². The second kappa shape index (κ2) is 6.56. The zero-order valence-corrected chi connectivity index (χ0v) is 13.7. The van der Waals surface area contributed by atoms with Gasteiger partial charge in [0.05, 0.1) is 11.7 Å². The molecule has 0 saturated carbocycles. The molecule has 1 saturated heterocycles. The normalized spacial score (nSPS) is 22.5. The van der Waals surface area contributed by atoms with E-state index in [0.29, 0.717) is 17.1 Å². The predicted octanol–water partition coefficient (Wildman–Crippen LogP) is -0.511. The fraction of sp³-hybridized carbons (Fsp3) is 0.312. The monoisotopic (exact) mass is 347 g/mol. The Kier molecular flexibility index (Phi) is 4.48. The van der Waals surface area contributed by atoms with Gasteiger partial charge in [0, 0.05) is 5.75 Å². The SMILES string of the molecule is CC1=C(C(=O)[O-])N2C(=O)C(NC(=O)COc3ccccc3)C2SC1. The Morgan fingerprint density at radius 3 is 2.75 bits per heavy atom. The third kappa shape index (κ3) is 2.96. The van der Waals surface area contributed by atoms with Gasteiger partial charge in [-0.2, -0.15) is 0 Å². The molecule has 1 aromatic rings.